The van der Waals surface area contributed by atoms with Crippen molar-refractivity contribution in [1.29, 1.82) is 0 Å². The maximum Gasteiger partial charge on any atom is 0.257 e. The molecule has 0 atom stereocenters. The van der Waals surface area contributed by atoms with Gasteiger partial charge in [-0.2, -0.15) is 0 Å². The normalized spacial score (nSPS) is 11.8. The second kappa shape index (κ2) is 26.4. The van der Waals surface area contributed by atoms with Crippen molar-refractivity contribution in [2.24, 2.45) is 0 Å². The van der Waals surface area contributed by atoms with Crippen LogP contribution >= 0.6 is 12.2 Å². The molecular weight excluding hydrogens is 959 g/mol. The van der Waals surface area contributed by atoms with E-state index in [0.29, 0.717) is 121 Å². The number of unbranched alkanes of at least 4 members (excludes halogenated alkanes) is 1. The Balaban J connectivity index is 1.31. The van der Waals surface area contributed by atoms with Crippen molar-refractivity contribution in [3.8, 4) is 57.5 Å². The summed E-state index contributed by atoms with van der Waals surface area (Å²) in [5.41, 5.74) is 9.57. The number of carbonyl (C=O) groups excluding carboxylic acids is 1. The van der Waals surface area contributed by atoms with Gasteiger partial charge in [0, 0.05) is 107 Å². The molecule has 6 aromatic carbocycles. The number of methoxy groups -OCH3 is 8. The second-order valence-corrected chi connectivity index (χ2v) is 18.2. The van der Waals surface area contributed by atoms with Gasteiger partial charge < -0.3 is 63.3 Å². The average Bonchev–Trinajstić information content (AvgIpc) is 3.41. The van der Waals surface area contributed by atoms with Crippen molar-refractivity contribution in [3.63, 3.8) is 0 Å². The Hall–Kier alpha value is -7.52. The Bertz CT molecular complexity index is 2890. The largest absolute Gasteiger partial charge is 0.496 e. The summed E-state index contributed by atoms with van der Waals surface area (Å²) in [6.45, 7) is 3.38. The van der Waals surface area contributed by atoms with Gasteiger partial charge in [-0.15, -0.1) is 0 Å². The molecule has 0 aromatic heterocycles. The van der Waals surface area contributed by atoms with Gasteiger partial charge in [-0.1, -0.05) is 31.5 Å². The van der Waals surface area contributed by atoms with Crippen molar-refractivity contribution in [2.75, 3.05) is 88.5 Å². The van der Waals surface area contributed by atoms with Crippen LogP contribution in [0.4, 0.5) is 5.69 Å². The fourth-order valence-corrected chi connectivity index (χ4v) is 9.37. The van der Waals surface area contributed by atoms with E-state index in [4.69, 9.17) is 59.6 Å². The van der Waals surface area contributed by atoms with E-state index in [9.17, 15) is 4.79 Å². The van der Waals surface area contributed by atoms with Gasteiger partial charge in [0.25, 0.3) is 5.91 Å². The minimum Gasteiger partial charge on any atom is -0.496 e. The molecule has 392 valence electrons. The number of hydrogen-bond acceptors (Lipinski definition) is 12. The van der Waals surface area contributed by atoms with Crippen LogP contribution in [0.2, 0.25) is 0 Å². The highest BCUT2D eigenvalue weighted by atomic mass is 32.1. The zero-order chi connectivity index (χ0) is 52.6. The molecule has 0 heterocycles. The number of para-hydroxylation sites is 1. The minimum absolute atomic E-state index is 0.228. The van der Waals surface area contributed by atoms with Crippen molar-refractivity contribution >= 4 is 28.9 Å². The molecule has 0 radical (unpaired) electrons. The first-order chi connectivity index (χ1) is 36.0. The number of anilines is 1. The van der Waals surface area contributed by atoms with E-state index >= 15 is 0 Å². The van der Waals surface area contributed by atoms with Gasteiger partial charge in [-0.05, 0) is 97.9 Å². The van der Waals surface area contributed by atoms with Crippen molar-refractivity contribution in [2.45, 2.75) is 58.3 Å². The van der Waals surface area contributed by atoms with Gasteiger partial charge in [0.15, 0.2) is 11.7 Å². The molecule has 1 amide bonds. The molecule has 10 aliphatic carbocycles. The number of thiocarbonyl (C=S) groups is 1. The van der Waals surface area contributed by atoms with Crippen LogP contribution in [0.3, 0.4) is 0 Å². The molecule has 10 aliphatic rings. The SMILES string of the molecule is CCCCOc1cc2c(OCC(=O)NCCCNC(=S)Nc3ccccc3)cc1Cc1cc(OC)c(cc1OC)Cc1cc(OC)c(cc1OC)Cc1cc(OC)c(cc1OC)Cc1cc(OC)c(cc1OC)C2. The fraction of sp³-hybridized carbons (Fsp3) is 0.356. The zero-order valence-corrected chi connectivity index (χ0v) is 44.9. The molecule has 15 heteroatoms. The summed E-state index contributed by atoms with van der Waals surface area (Å²) in [4.78, 5) is 13.5. The third kappa shape index (κ3) is 13.5. The van der Waals surface area contributed by atoms with Crippen molar-refractivity contribution in [1.82, 2.24) is 10.6 Å². The molecule has 14 nitrogen and oxygen atoms in total. The molecule has 0 spiro atoms. The molecule has 74 heavy (non-hydrogen) atoms. The molecular formula is C59H69N3O11S. The lowest BCUT2D eigenvalue weighted by Crippen LogP contribution is -2.34. The summed E-state index contributed by atoms with van der Waals surface area (Å²) >= 11 is 5.46. The minimum atomic E-state index is -0.268. The fourth-order valence-electron chi connectivity index (χ4n) is 9.15. The predicted octanol–water partition coefficient (Wildman–Crippen LogP) is 10.1. The molecule has 0 saturated carbocycles. The van der Waals surface area contributed by atoms with Crippen LogP contribution in [0.1, 0.15) is 81.8 Å². The smallest absolute Gasteiger partial charge is 0.257 e. The molecule has 10 bridgehead atoms. The Morgan fingerprint density at radius 3 is 1.08 bits per heavy atom. The number of amides is 1. The van der Waals surface area contributed by atoms with E-state index in [0.717, 1.165) is 74.2 Å². The van der Waals surface area contributed by atoms with Gasteiger partial charge in [-0.3, -0.25) is 4.79 Å². The van der Waals surface area contributed by atoms with Crippen LogP contribution < -0.4 is 63.3 Å². The number of hydrogen-bond donors (Lipinski definition) is 3. The lowest BCUT2D eigenvalue weighted by molar-refractivity contribution is -0.123. The zero-order valence-electron chi connectivity index (χ0n) is 44.0. The van der Waals surface area contributed by atoms with E-state index in [-0.39, 0.29) is 12.5 Å². The number of benzene rings is 6. The molecule has 0 saturated heterocycles. The van der Waals surface area contributed by atoms with Crippen molar-refractivity contribution < 1.29 is 52.2 Å². The average molecular weight is 1030 g/mol. The van der Waals surface area contributed by atoms with Crippen LogP contribution in [0.15, 0.2) is 91.0 Å². The van der Waals surface area contributed by atoms with Crippen LogP contribution in [0.5, 0.6) is 57.5 Å². The van der Waals surface area contributed by atoms with Crippen LogP contribution in [-0.2, 0) is 36.9 Å². The summed E-state index contributed by atoms with van der Waals surface area (Å²) in [5, 5.41) is 9.87. The number of carbonyl (C=O) groups is 1. The molecule has 0 aliphatic heterocycles. The first-order valence-electron chi connectivity index (χ1n) is 24.8. The Morgan fingerprint density at radius 2 is 0.743 bits per heavy atom. The molecule has 0 unspecified atom stereocenters. The third-order valence-electron chi connectivity index (χ3n) is 13.0. The quantitative estimate of drug-likeness (QED) is 0.0492. The Morgan fingerprint density at radius 1 is 0.432 bits per heavy atom. The standard InChI is InChI=1S/C59H69N3O11S/c1-10-11-20-72-56-34-46-25-44-33-53(69-7)42(31-55(44)71-9)23-40-29-49(65-3)38(27-51(40)67-5)21-37-26-50(66-4)39(28-48(37)64-2)22-41-30-54(70-8)43(32-52(41)68-6)24-45(56)35-57(46)73-36-58(63)60-18-15-19-61-59(74)62-47-16-13-12-14-17-47/h12-14,16-17,26-35H,10-11,15,18-25,36H2,1-9H3,(H,60,63)(H2,61,62,74). The first-order valence-corrected chi connectivity index (χ1v) is 25.2. The molecule has 16 rings (SSSR count). The second-order valence-electron chi connectivity index (χ2n) is 17.8. The highest BCUT2D eigenvalue weighted by molar-refractivity contribution is 7.80. The predicted molar refractivity (Wildman–Crippen MR) is 293 cm³/mol. The topological polar surface area (TPSA) is 145 Å². The first kappa shape index (κ1) is 54.3. The van der Waals surface area contributed by atoms with Gasteiger partial charge >= 0.3 is 0 Å². The van der Waals surface area contributed by atoms with Gasteiger partial charge in [0.1, 0.15) is 57.5 Å². The van der Waals surface area contributed by atoms with Gasteiger partial charge in [-0.25, -0.2) is 0 Å². The Labute approximate surface area is 440 Å². The van der Waals surface area contributed by atoms with E-state index in [1.165, 1.54) is 0 Å². The lowest BCUT2D eigenvalue weighted by Gasteiger charge is -2.21. The summed E-state index contributed by atoms with van der Waals surface area (Å²) in [6, 6.07) is 29.7. The molecule has 3 N–H and O–H groups in total. The van der Waals surface area contributed by atoms with Gasteiger partial charge in [0.2, 0.25) is 0 Å². The number of ether oxygens (including phenoxy) is 10. The highest BCUT2D eigenvalue weighted by Gasteiger charge is 2.24. The molecule has 6 aromatic rings. The van der Waals surface area contributed by atoms with E-state index in [1.54, 1.807) is 56.9 Å². The van der Waals surface area contributed by atoms with Crippen molar-refractivity contribution in [3.05, 3.63) is 147 Å². The van der Waals surface area contributed by atoms with Crippen LogP contribution in [-0.4, -0.2) is 94.2 Å². The number of rotatable bonds is 20. The Kier molecular flexibility index (Phi) is 19.4. The summed E-state index contributed by atoms with van der Waals surface area (Å²) < 4.78 is 61.8. The van der Waals surface area contributed by atoms with Crippen LogP contribution in [0.25, 0.3) is 0 Å². The highest BCUT2D eigenvalue weighted by Crippen LogP contribution is 2.42. The van der Waals surface area contributed by atoms with Gasteiger partial charge in [0.05, 0.1) is 63.5 Å². The van der Waals surface area contributed by atoms with E-state index in [2.05, 4.69) is 22.9 Å². The third-order valence-corrected chi connectivity index (χ3v) is 13.2. The maximum absolute atomic E-state index is 13.5. The van der Waals surface area contributed by atoms with E-state index in [1.807, 2.05) is 91.0 Å². The van der Waals surface area contributed by atoms with Crippen LogP contribution in [0, 0.1) is 0 Å². The summed E-state index contributed by atoms with van der Waals surface area (Å²) in [5.74, 6) is 6.29. The number of nitrogens with one attached hydrogen (secondary N) is 3. The molecule has 0 fully saturated rings. The summed E-state index contributed by atoms with van der Waals surface area (Å²) in [7, 11) is 13.3. The monoisotopic (exact) mass is 1030 g/mol. The maximum atomic E-state index is 13.5. The van der Waals surface area contributed by atoms with E-state index < -0.39 is 0 Å². The lowest BCUT2D eigenvalue weighted by atomic mass is 9.94. The summed E-state index contributed by atoms with van der Waals surface area (Å²) in [6.07, 6.45) is 4.56.